The largest absolute Gasteiger partial charge is 0.454 e. The van der Waals surface area contributed by atoms with Crippen LogP contribution in [-0.4, -0.2) is 95.2 Å². The molecule has 1 unspecified atom stereocenters. The number of aliphatic hydroxyl groups excluding tert-OH is 1. The maximum Gasteiger partial charge on any atom is 0.303 e. The Hall–Kier alpha value is -0.709. The highest BCUT2D eigenvalue weighted by Gasteiger charge is 2.77. The summed E-state index contributed by atoms with van der Waals surface area (Å²) >= 11 is 0. The lowest BCUT2D eigenvalue weighted by Gasteiger charge is -2.68. The van der Waals surface area contributed by atoms with E-state index in [1.54, 1.807) is 0 Å². The van der Waals surface area contributed by atoms with Crippen LogP contribution in [0.25, 0.3) is 0 Å². The molecule has 0 aromatic heterocycles. The summed E-state index contributed by atoms with van der Waals surface area (Å²) in [5.74, 6) is -1.67. The van der Waals surface area contributed by atoms with Crippen molar-refractivity contribution in [2.75, 3.05) is 6.61 Å². The molecule has 1 aliphatic heterocycles. The first-order valence-corrected chi connectivity index (χ1v) is 28.4. The first kappa shape index (κ1) is 44.0. The summed E-state index contributed by atoms with van der Waals surface area (Å²) in [6, 6.07) is 7.92. The predicted octanol–water partition coefficient (Wildman–Crippen LogP) is 8.31. The van der Waals surface area contributed by atoms with Crippen LogP contribution in [-0.2, 0) is 32.3 Å². The van der Waals surface area contributed by atoms with E-state index in [4.69, 9.17) is 22.8 Å². The molecule has 0 aromatic rings. The molecule has 3 fully saturated rings. The van der Waals surface area contributed by atoms with Crippen molar-refractivity contribution in [3.63, 3.8) is 0 Å². The van der Waals surface area contributed by atoms with Gasteiger partial charge in [-0.3, -0.25) is 9.59 Å². The Balaban J connectivity index is 2.14. The summed E-state index contributed by atoms with van der Waals surface area (Å²) in [6.45, 7) is 28.9. The molecule has 52 heavy (non-hydrogen) atoms. The molecular formula is C40H74O9Si3. The molecule has 4 rings (SSSR count). The fraction of sp³-hybridized carbons (Fsp3) is 0.900. The summed E-state index contributed by atoms with van der Waals surface area (Å²) < 4.78 is 34.6. The molecule has 12 heteroatoms. The van der Waals surface area contributed by atoms with Crippen molar-refractivity contribution in [1.82, 2.24) is 0 Å². The van der Waals surface area contributed by atoms with E-state index < -0.39 is 89.4 Å². The van der Waals surface area contributed by atoms with E-state index in [0.29, 0.717) is 6.42 Å². The molecule has 4 aliphatic rings. The highest BCUT2D eigenvalue weighted by molar-refractivity contribution is 6.74. The van der Waals surface area contributed by atoms with E-state index in [9.17, 15) is 15.0 Å². The summed E-state index contributed by atoms with van der Waals surface area (Å²) in [4.78, 5) is 29.3. The second kappa shape index (κ2) is 15.7. The van der Waals surface area contributed by atoms with Crippen molar-refractivity contribution < 1.29 is 42.6 Å². The van der Waals surface area contributed by atoms with Crippen LogP contribution in [0.5, 0.6) is 0 Å². The van der Waals surface area contributed by atoms with Gasteiger partial charge in [-0.25, -0.2) is 0 Å². The molecule has 0 amide bonds. The van der Waals surface area contributed by atoms with Crippen LogP contribution in [0.3, 0.4) is 0 Å². The molecule has 0 aromatic carbocycles. The van der Waals surface area contributed by atoms with Gasteiger partial charge in [0.25, 0.3) is 0 Å². The summed E-state index contributed by atoms with van der Waals surface area (Å²) in [5, 5.41) is 26.8. The summed E-state index contributed by atoms with van der Waals surface area (Å²) in [6.07, 6.45) is -3.69. The van der Waals surface area contributed by atoms with Gasteiger partial charge in [0, 0.05) is 31.1 Å². The van der Waals surface area contributed by atoms with Crippen molar-refractivity contribution in [3.8, 4) is 0 Å². The molecule has 2 bridgehead atoms. The Labute approximate surface area is 318 Å². The summed E-state index contributed by atoms with van der Waals surface area (Å²) in [7, 11) is -7.05. The number of Topliss-reactive ketones (excluding diaryl/α,β-unsaturated/α-hetero) is 1. The molecule has 9 nitrogen and oxygen atoms in total. The molecular weight excluding hydrogens is 709 g/mol. The average molecular weight is 783 g/mol. The lowest BCUT2D eigenvalue weighted by molar-refractivity contribution is -0.345. The number of hydrogen-bond donors (Lipinski definition) is 2. The topological polar surface area (TPSA) is 121 Å². The Morgan fingerprint density at radius 3 is 1.69 bits per heavy atom. The molecule has 3 aliphatic carbocycles. The zero-order valence-corrected chi connectivity index (χ0v) is 38.2. The average Bonchev–Trinajstić information content (AvgIpc) is 3.12. The van der Waals surface area contributed by atoms with Gasteiger partial charge >= 0.3 is 5.97 Å². The standard InChI is InChI=1S/C40H74O9Si3/c1-15-50(16-2,17-3)47-29-25-40(44)36(43)34-38(14,35(42)33(32(27(29)10)37(40,12)13)49-52(21-7,22-8)23-9)30(48-51(18-4,19-5)20-6)24-31-39(34,26-45-31)46-28(11)41/h29-31,33-34,36,43-44H,15-26H2,1-14H3/t29-,30-,31+,33+,34?,36-,38+,39-,40+/m0/s1. The van der Waals surface area contributed by atoms with Crippen molar-refractivity contribution in [3.05, 3.63) is 11.1 Å². The van der Waals surface area contributed by atoms with Crippen molar-refractivity contribution in [1.29, 1.82) is 0 Å². The van der Waals surface area contributed by atoms with Crippen LogP contribution in [0.4, 0.5) is 0 Å². The third-order valence-electron chi connectivity index (χ3n) is 15.6. The third kappa shape index (κ3) is 6.57. The predicted molar refractivity (Wildman–Crippen MR) is 214 cm³/mol. The zero-order chi connectivity index (χ0) is 39.3. The number of fused-ring (bicyclic) bond motifs is 5. The van der Waals surface area contributed by atoms with Crippen molar-refractivity contribution in [2.45, 2.75) is 206 Å². The summed E-state index contributed by atoms with van der Waals surface area (Å²) in [5.41, 5.74) is -3.89. The number of carbonyl (C=O) groups excluding carboxylic acids is 2. The van der Waals surface area contributed by atoms with Crippen LogP contribution < -0.4 is 0 Å². The van der Waals surface area contributed by atoms with E-state index in [0.717, 1.165) is 65.5 Å². The highest BCUT2D eigenvalue weighted by atomic mass is 28.4. The Bertz CT molecular complexity index is 1320. The minimum absolute atomic E-state index is 0.0330. The van der Waals surface area contributed by atoms with Gasteiger partial charge in [0.1, 0.15) is 17.8 Å². The minimum Gasteiger partial charge on any atom is -0.454 e. The molecule has 2 N–H and O–H groups in total. The van der Waals surface area contributed by atoms with Gasteiger partial charge in [-0.1, -0.05) is 76.2 Å². The monoisotopic (exact) mass is 782 g/mol. The van der Waals surface area contributed by atoms with Gasteiger partial charge in [-0.15, -0.1) is 0 Å². The number of rotatable bonds is 16. The SMILES string of the molecule is CC[Si](CC)(CC)O[C@H]1C(=O)[C@@]2(C)C([C@H](O)[C@]3(O)C[C@H](O[Si](CC)(CC)CC)C(C)=C1C3(C)C)[C@]1(OC(C)=O)CO[C@@H]1C[C@@H]2O[Si](CC)(CC)CC. The lowest BCUT2D eigenvalue weighted by Crippen LogP contribution is -2.82. The second-order valence-corrected chi connectivity index (χ2v) is 31.6. The van der Waals surface area contributed by atoms with E-state index in [1.807, 2.05) is 20.8 Å². The lowest BCUT2D eigenvalue weighted by atomic mass is 9.45. The van der Waals surface area contributed by atoms with E-state index in [2.05, 4.69) is 69.2 Å². The fourth-order valence-electron chi connectivity index (χ4n) is 11.0. The number of aliphatic hydroxyl groups is 2. The maximum atomic E-state index is 16.3. The number of ketones is 1. The first-order chi connectivity index (χ1) is 24.3. The Morgan fingerprint density at radius 1 is 0.808 bits per heavy atom. The quantitative estimate of drug-likeness (QED) is 0.0905. The van der Waals surface area contributed by atoms with Gasteiger partial charge in [0.2, 0.25) is 0 Å². The first-order valence-electron chi connectivity index (χ1n) is 20.8. The van der Waals surface area contributed by atoms with E-state index in [-0.39, 0.29) is 18.8 Å². The van der Waals surface area contributed by atoms with Crippen molar-refractivity contribution >= 4 is 36.7 Å². The van der Waals surface area contributed by atoms with Gasteiger partial charge in [0.15, 0.2) is 36.3 Å². The van der Waals surface area contributed by atoms with Gasteiger partial charge in [0.05, 0.1) is 30.3 Å². The van der Waals surface area contributed by atoms with Gasteiger partial charge < -0.3 is 33.0 Å². The van der Waals surface area contributed by atoms with Crippen LogP contribution in [0.1, 0.15) is 110 Å². The molecule has 300 valence electrons. The Kier molecular flexibility index (Phi) is 13.3. The Morgan fingerprint density at radius 2 is 1.27 bits per heavy atom. The molecule has 9 atom stereocenters. The second-order valence-electron chi connectivity index (χ2n) is 17.4. The molecule has 0 radical (unpaired) electrons. The zero-order valence-electron chi connectivity index (χ0n) is 35.2. The maximum absolute atomic E-state index is 16.3. The van der Waals surface area contributed by atoms with Crippen molar-refractivity contribution in [2.24, 2.45) is 16.7 Å². The normalized spacial score (nSPS) is 36.3. The number of ether oxygens (including phenoxy) is 2. The molecule has 2 saturated carbocycles. The van der Waals surface area contributed by atoms with Crippen LogP contribution in [0.2, 0.25) is 54.4 Å². The molecule has 1 saturated heterocycles. The molecule has 1 heterocycles. The number of esters is 1. The van der Waals surface area contributed by atoms with Crippen LogP contribution in [0, 0.1) is 16.7 Å². The molecule has 0 spiro atoms. The van der Waals surface area contributed by atoms with Crippen LogP contribution >= 0.6 is 0 Å². The van der Waals surface area contributed by atoms with E-state index in [1.165, 1.54) is 6.92 Å². The third-order valence-corrected chi connectivity index (χ3v) is 29.5. The number of carbonyl (C=O) groups is 2. The smallest absolute Gasteiger partial charge is 0.303 e. The highest BCUT2D eigenvalue weighted by Crippen LogP contribution is 2.65. The number of hydrogen-bond acceptors (Lipinski definition) is 9. The van der Waals surface area contributed by atoms with Gasteiger partial charge in [-0.05, 0) is 79.4 Å². The minimum atomic E-state index is -2.48. The van der Waals surface area contributed by atoms with Gasteiger partial charge in [-0.2, -0.15) is 0 Å². The van der Waals surface area contributed by atoms with Crippen LogP contribution in [0.15, 0.2) is 11.1 Å². The van der Waals surface area contributed by atoms with E-state index >= 15 is 4.79 Å². The fourth-order valence-corrected chi connectivity index (χ4v) is 19.5.